The lowest BCUT2D eigenvalue weighted by Gasteiger charge is -2.15. The SMILES string of the molecule is O=C(CCc1cscn1)N1CCC(c2ccn[nH]2)C1. The summed E-state index contributed by atoms with van der Waals surface area (Å²) in [5, 5.41) is 8.97. The van der Waals surface area contributed by atoms with Gasteiger partial charge in [0.05, 0.1) is 11.2 Å². The zero-order valence-electron chi connectivity index (χ0n) is 10.6. The molecule has 1 aliphatic heterocycles. The number of rotatable bonds is 4. The Morgan fingerprint density at radius 3 is 3.26 bits per heavy atom. The molecule has 0 spiro atoms. The van der Waals surface area contributed by atoms with Crippen LogP contribution in [0.5, 0.6) is 0 Å². The maximum Gasteiger partial charge on any atom is 0.222 e. The van der Waals surface area contributed by atoms with Crippen molar-refractivity contribution in [1.29, 1.82) is 0 Å². The average Bonchev–Trinajstić information content (AvgIpc) is 3.14. The molecule has 100 valence electrons. The predicted octanol–water partition coefficient (Wildman–Crippen LogP) is 1.81. The highest BCUT2D eigenvalue weighted by atomic mass is 32.1. The van der Waals surface area contributed by atoms with Crippen molar-refractivity contribution in [3.8, 4) is 0 Å². The molecule has 3 heterocycles. The smallest absolute Gasteiger partial charge is 0.222 e. The summed E-state index contributed by atoms with van der Waals surface area (Å²) in [6.45, 7) is 1.65. The highest BCUT2D eigenvalue weighted by Crippen LogP contribution is 2.25. The molecule has 5 nitrogen and oxygen atoms in total. The number of thiazole rings is 1. The monoisotopic (exact) mass is 276 g/mol. The highest BCUT2D eigenvalue weighted by molar-refractivity contribution is 7.07. The van der Waals surface area contributed by atoms with Crippen molar-refractivity contribution in [3.63, 3.8) is 0 Å². The minimum Gasteiger partial charge on any atom is -0.342 e. The number of hydrogen-bond donors (Lipinski definition) is 1. The molecular formula is C13H16N4OS. The minimum absolute atomic E-state index is 0.231. The predicted molar refractivity (Wildman–Crippen MR) is 73.0 cm³/mol. The summed E-state index contributed by atoms with van der Waals surface area (Å²) in [6.07, 6.45) is 4.08. The number of aromatic nitrogens is 3. The molecule has 0 bridgehead atoms. The number of H-pyrrole nitrogens is 1. The van der Waals surface area contributed by atoms with Crippen molar-refractivity contribution < 1.29 is 4.79 Å². The van der Waals surface area contributed by atoms with Crippen LogP contribution >= 0.6 is 11.3 Å². The molecule has 2 aromatic rings. The first-order valence-electron chi connectivity index (χ1n) is 6.47. The van der Waals surface area contributed by atoms with E-state index in [1.165, 1.54) is 0 Å². The van der Waals surface area contributed by atoms with Crippen LogP contribution in [0.2, 0.25) is 0 Å². The van der Waals surface area contributed by atoms with Crippen LogP contribution < -0.4 is 0 Å². The molecule has 1 N–H and O–H groups in total. The van der Waals surface area contributed by atoms with E-state index >= 15 is 0 Å². The van der Waals surface area contributed by atoms with Gasteiger partial charge < -0.3 is 4.90 Å². The van der Waals surface area contributed by atoms with E-state index in [1.54, 1.807) is 17.5 Å². The molecule has 1 aliphatic rings. The third-order valence-electron chi connectivity index (χ3n) is 3.58. The van der Waals surface area contributed by atoms with Gasteiger partial charge in [0.25, 0.3) is 0 Å². The van der Waals surface area contributed by atoms with Crippen molar-refractivity contribution >= 4 is 17.2 Å². The molecule has 19 heavy (non-hydrogen) atoms. The second-order valence-corrected chi connectivity index (χ2v) is 5.54. The zero-order chi connectivity index (χ0) is 13.1. The molecule has 0 aliphatic carbocycles. The van der Waals surface area contributed by atoms with Crippen molar-refractivity contribution in [3.05, 3.63) is 34.5 Å². The van der Waals surface area contributed by atoms with Gasteiger partial charge in [0.2, 0.25) is 5.91 Å². The molecule has 2 aromatic heterocycles. The van der Waals surface area contributed by atoms with Crippen LogP contribution in [0.25, 0.3) is 0 Å². The summed E-state index contributed by atoms with van der Waals surface area (Å²) < 4.78 is 0. The highest BCUT2D eigenvalue weighted by Gasteiger charge is 2.27. The molecule has 1 unspecified atom stereocenters. The molecule has 1 saturated heterocycles. The Morgan fingerprint density at radius 2 is 2.53 bits per heavy atom. The normalized spacial score (nSPS) is 18.9. The Hall–Kier alpha value is -1.69. The quantitative estimate of drug-likeness (QED) is 0.926. The van der Waals surface area contributed by atoms with Gasteiger partial charge in [-0.3, -0.25) is 9.89 Å². The minimum atomic E-state index is 0.231. The largest absolute Gasteiger partial charge is 0.342 e. The van der Waals surface area contributed by atoms with Crippen LogP contribution in [-0.4, -0.2) is 39.1 Å². The van der Waals surface area contributed by atoms with E-state index < -0.39 is 0 Å². The first-order valence-corrected chi connectivity index (χ1v) is 7.41. The Bertz CT molecular complexity index is 523. The molecule has 6 heteroatoms. The van der Waals surface area contributed by atoms with E-state index in [0.717, 1.165) is 37.3 Å². The number of carbonyl (C=O) groups excluding carboxylic acids is 1. The standard InChI is InChI=1S/C13H16N4OS/c18-13(2-1-11-8-19-9-14-11)17-6-4-10(7-17)12-3-5-15-16-12/h3,5,8-10H,1-2,4,6-7H2,(H,15,16). The molecule has 1 fully saturated rings. The van der Waals surface area contributed by atoms with Crippen molar-refractivity contribution in [2.24, 2.45) is 0 Å². The maximum atomic E-state index is 12.1. The van der Waals surface area contributed by atoms with Gasteiger partial charge in [-0.1, -0.05) is 0 Å². The van der Waals surface area contributed by atoms with E-state index in [1.807, 2.05) is 21.9 Å². The van der Waals surface area contributed by atoms with E-state index in [-0.39, 0.29) is 5.91 Å². The van der Waals surface area contributed by atoms with Crippen molar-refractivity contribution in [1.82, 2.24) is 20.1 Å². The van der Waals surface area contributed by atoms with E-state index in [2.05, 4.69) is 15.2 Å². The number of amides is 1. The van der Waals surface area contributed by atoms with E-state index in [0.29, 0.717) is 12.3 Å². The van der Waals surface area contributed by atoms with E-state index in [9.17, 15) is 4.79 Å². The molecule has 3 rings (SSSR count). The van der Waals surface area contributed by atoms with Crippen molar-refractivity contribution in [2.45, 2.75) is 25.2 Å². The fraction of sp³-hybridized carbons (Fsp3) is 0.462. The number of likely N-dealkylation sites (tertiary alicyclic amines) is 1. The summed E-state index contributed by atoms with van der Waals surface area (Å²) in [5.41, 5.74) is 3.96. The van der Waals surface area contributed by atoms with Gasteiger partial charge in [0.1, 0.15) is 0 Å². The number of nitrogens with zero attached hydrogens (tertiary/aromatic N) is 3. The van der Waals surface area contributed by atoms with Gasteiger partial charge in [-0.05, 0) is 18.9 Å². The van der Waals surface area contributed by atoms with Gasteiger partial charge in [0.15, 0.2) is 0 Å². The van der Waals surface area contributed by atoms with Crippen LogP contribution in [0.4, 0.5) is 0 Å². The molecule has 0 radical (unpaired) electrons. The molecule has 1 amide bonds. The van der Waals surface area contributed by atoms with Crippen LogP contribution in [0.1, 0.15) is 30.1 Å². The summed E-state index contributed by atoms with van der Waals surface area (Å²) in [7, 11) is 0. The third kappa shape index (κ3) is 2.84. The fourth-order valence-corrected chi connectivity index (χ4v) is 3.08. The zero-order valence-corrected chi connectivity index (χ0v) is 11.4. The summed E-state index contributed by atoms with van der Waals surface area (Å²) >= 11 is 1.58. The summed E-state index contributed by atoms with van der Waals surface area (Å²) in [4.78, 5) is 18.3. The number of carbonyl (C=O) groups is 1. The number of hydrogen-bond acceptors (Lipinski definition) is 4. The Morgan fingerprint density at radius 1 is 1.58 bits per heavy atom. The summed E-state index contributed by atoms with van der Waals surface area (Å²) in [5.74, 6) is 0.640. The first kappa shape index (κ1) is 12.3. The lowest BCUT2D eigenvalue weighted by Crippen LogP contribution is -2.28. The lowest BCUT2D eigenvalue weighted by molar-refractivity contribution is -0.130. The van der Waals surface area contributed by atoms with Gasteiger partial charge in [-0.25, -0.2) is 4.98 Å². The Kier molecular flexibility index (Phi) is 3.59. The third-order valence-corrected chi connectivity index (χ3v) is 4.22. The maximum absolute atomic E-state index is 12.1. The summed E-state index contributed by atoms with van der Waals surface area (Å²) in [6, 6.07) is 1.99. The van der Waals surface area contributed by atoms with Crippen LogP contribution in [0.15, 0.2) is 23.2 Å². The average molecular weight is 276 g/mol. The molecular weight excluding hydrogens is 260 g/mol. The van der Waals surface area contributed by atoms with Gasteiger partial charge >= 0.3 is 0 Å². The van der Waals surface area contributed by atoms with Gasteiger partial charge in [0, 0.05) is 42.7 Å². The molecule has 0 aromatic carbocycles. The van der Waals surface area contributed by atoms with Crippen LogP contribution in [-0.2, 0) is 11.2 Å². The van der Waals surface area contributed by atoms with Crippen LogP contribution in [0.3, 0.4) is 0 Å². The second-order valence-electron chi connectivity index (χ2n) is 4.82. The van der Waals surface area contributed by atoms with E-state index in [4.69, 9.17) is 0 Å². The Labute approximate surface area is 115 Å². The second kappa shape index (κ2) is 5.52. The number of aryl methyl sites for hydroxylation is 1. The van der Waals surface area contributed by atoms with Crippen LogP contribution in [0, 0.1) is 0 Å². The lowest BCUT2D eigenvalue weighted by atomic mass is 10.1. The topological polar surface area (TPSA) is 61.9 Å². The van der Waals surface area contributed by atoms with Crippen molar-refractivity contribution in [2.75, 3.05) is 13.1 Å². The number of aromatic amines is 1. The van der Waals surface area contributed by atoms with Gasteiger partial charge in [-0.15, -0.1) is 11.3 Å². The Balaban J connectivity index is 1.51. The fourth-order valence-electron chi connectivity index (χ4n) is 2.49. The molecule has 1 atom stereocenters. The molecule has 0 saturated carbocycles. The van der Waals surface area contributed by atoms with Gasteiger partial charge in [-0.2, -0.15) is 5.10 Å². The number of nitrogens with one attached hydrogen (secondary N) is 1. The first-order chi connectivity index (χ1) is 9.33.